The molecule has 0 aromatic carbocycles. The highest BCUT2D eigenvalue weighted by molar-refractivity contribution is 5.04. The molecular formula is C18H34N6. The molecule has 3 heterocycles. The first kappa shape index (κ1) is 17.8. The van der Waals surface area contributed by atoms with Gasteiger partial charge in [0.1, 0.15) is 11.6 Å². The summed E-state index contributed by atoms with van der Waals surface area (Å²) in [5.41, 5.74) is 6.07. The van der Waals surface area contributed by atoms with Crippen molar-refractivity contribution in [2.24, 2.45) is 12.8 Å². The van der Waals surface area contributed by atoms with Gasteiger partial charge >= 0.3 is 0 Å². The van der Waals surface area contributed by atoms with Gasteiger partial charge in [-0.1, -0.05) is 6.42 Å². The molecule has 136 valence electrons. The van der Waals surface area contributed by atoms with Gasteiger partial charge in [-0.25, -0.2) is 0 Å². The minimum atomic E-state index is -0.138. The highest BCUT2D eigenvalue weighted by Gasteiger charge is 2.28. The normalized spacial score (nSPS) is 24.4. The van der Waals surface area contributed by atoms with Crippen molar-refractivity contribution in [3.8, 4) is 0 Å². The topological polar surface area (TPSA) is 63.2 Å². The highest BCUT2D eigenvalue weighted by Crippen LogP contribution is 2.26. The second-order valence-electron chi connectivity index (χ2n) is 8.43. The van der Waals surface area contributed by atoms with E-state index in [0.29, 0.717) is 5.92 Å². The van der Waals surface area contributed by atoms with E-state index in [0.717, 1.165) is 37.8 Å². The number of nitrogens with two attached hydrogens (primary N) is 1. The average molecular weight is 335 g/mol. The molecule has 0 amide bonds. The Morgan fingerprint density at radius 1 is 1.04 bits per heavy atom. The molecule has 2 saturated heterocycles. The lowest BCUT2D eigenvalue weighted by atomic mass is 9.95. The molecule has 24 heavy (non-hydrogen) atoms. The summed E-state index contributed by atoms with van der Waals surface area (Å²) < 4.78 is 2.25. The molecule has 6 nitrogen and oxygen atoms in total. The lowest BCUT2D eigenvalue weighted by Crippen LogP contribution is -2.48. The fraction of sp³-hybridized carbons (Fsp3) is 0.889. The SMILES string of the molecule is Cn1c(CN2CCCCC2)nnc1[C@H]1CCCN(CC(C)(C)N)C1. The lowest BCUT2D eigenvalue weighted by Gasteiger charge is -2.36. The zero-order chi connectivity index (χ0) is 17.2. The van der Waals surface area contributed by atoms with Gasteiger partial charge in [-0.3, -0.25) is 4.90 Å². The second kappa shape index (κ2) is 7.50. The number of aromatic nitrogens is 3. The predicted octanol–water partition coefficient (Wildman–Crippen LogP) is 1.72. The maximum Gasteiger partial charge on any atom is 0.146 e. The Labute approximate surface area is 146 Å². The van der Waals surface area contributed by atoms with E-state index in [4.69, 9.17) is 5.73 Å². The molecule has 1 aromatic heterocycles. The molecule has 2 N–H and O–H groups in total. The molecular weight excluding hydrogens is 300 g/mol. The zero-order valence-corrected chi connectivity index (χ0v) is 15.7. The Bertz CT molecular complexity index is 526. The van der Waals surface area contributed by atoms with Gasteiger partial charge in [0.2, 0.25) is 0 Å². The van der Waals surface area contributed by atoms with E-state index in [2.05, 4.69) is 45.5 Å². The quantitative estimate of drug-likeness (QED) is 0.888. The first-order chi connectivity index (χ1) is 11.4. The van der Waals surface area contributed by atoms with Crippen molar-refractivity contribution in [3.05, 3.63) is 11.6 Å². The highest BCUT2D eigenvalue weighted by atomic mass is 15.3. The molecule has 2 aliphatic heterocycles. The first-order valence-corrected chi connectivity index (χ1v) is 9.54. The minimum absolute atomic E-state index is 0.138. The summed E-state index contributed by atoms with van der Waals surface area (Å²) >= 11 is 0. The van der Waals surface area contributed by atoms with E-state index in [-0.39, 0.29) is 5.54 Å². The van der Waals surface area contributed by atoms with Crippen molar-refractivity contribution in [3.63, 3.8) is 0 Å². The largest absolute Gasteiger partial charge is 0.324 e. The van der Waals surface area contributed by atoms with E-state index in [1.165, 1.54) is 45.2 Å². The molecule has 2 fully saturated rings. The maximum absolute atomic E-state index is 6.21. The van der Waals surface area contributed by atoms with Crippen molar-refractivity contribution in [1.29, 1.82) is 0 Å². The molecule has 0 aliphatic carbocycles. The summed E-state index contributed by atoms with van der Waals surface area (Å²) in [7, 11) is 2.14. The van der Waals surface area contributed by atoms with Gasteiger partial charge in [0.15, 0.2) is 0 Å². The third kappa shape index (κ3) is 4.55. The van der Waals surface area contributed by atoms with Crippen LogP contribution in [0.4, 0.5) is 0 Å². The van der Waals surface area contributed by atoms with Crippen molar-refractivity contribution < 1.29 is 0 Å². The third-order valence-corrected chi connectivity index (χ3v) is 5.31. The van der Waals surface area contributed by atoms with Gasteiger partial charge in [0.05, 0.1) is 6.54 Å². The number of piperidine rings is 2. The van der Waals surface area contributed by atoms with Crippen LogP contribution in [0, 0.1) is 0 Å². The summed E-state index contributed by atoms with van der Waals surface area (Å²) in [6.45, 7) is 10.7. The summed E-state index contributed by atoms with van der Waals surface area (Å²) in [6, 6.07) is 0. The van der Waals surface area contributed by atoms with Crippen LogP contribution in [0.3, 0.4) is 0 Å². The Morgan fingerprint density at radius 3 is 2.46 bits per heavy atom. The molecule has 6 heteroatoms. The van der Waals surface area contributed by atoms with E-state index < -0.39 is 0 Å². The molecule has 1 atom stereocenters. The number of nitrogens with zero attached hydrogens (tertiary/aromatic N) is 5. The van der Waals surface area contributed by atoms with Crippen molar-refractivity contribution >= 4 is 0 Å². The summed E-state index contributed by atoms with van der Waals surface area (Å²) in [6.07, 6.45) is 6.43. The first-order valence-electron chi connectivity index (χ1n) is 9.54. The van der Waals surface area contributed by atoms with E-state index in [1.54, 1.807) is 0 Å². The fourth-order valence-corrected chi connectivity index (χ4v) is 4.17. The van der Waals surface area contributed by atoms with Gasteiger partial charge < -0.3 is 15.2 Å². The number of rotatable bonds is 5. The summed E-state index contributed by atoms with van der Waals surface area (Å²) in [5.74, 6) is 2.75. The zero-order valence-electron chi connectivity index (χ0n) is 15.7. The number of hydrogen-bond acceptors (Lipinski definition) is 5. The maximum atomic E-state index is 6.21. The standard InChI is InChI=1S/C18H34N6/c1-18(2,19)14-24-11-7-8-15(12-24)17-21-20-16(22(17)3)13-23-9-5-4-6-10-23/h15H,4-14,19H2,1-3H3/t15-/m0/s1. The summed E-state index contributed by atoms with van der Waals surface area (Å²) in [5, 5.41) is 9.08. The van der Waals surface area contributed by atoms with Gasteiger partial charge in [0, 0.05) is 31.6 Å². The van der Waals surface area contributed by atoms with Gasteiger partial charge in [-0.05, 0) is 59.2 Å². The van der Waals surface area contributed by atoms with Crippen LogP contribution in [0.15, 0.2) is 0 Å². The van der Waals surface area contributed by atoms with Crippen LogP contribution >= 0.6 is 0 Å². The Balaban J connectivity index is 1.64. The van der Waals surface area contributed by atoms with Crippen LogP contribution in [-0.4, -0.2) is 62.8 Å². The molecule has 3 rings (SSSR count). The molecule has 1 aromatic rings. The van der Waals surface area contributed by atoms with Gasteiger partial charge in [-0.2, -0.15) is 0 Å². The Morgan fingerprint density at radius 2 is 1.75 bits per heavy atom. The number of likely N-dealkylation sites (tertiary alicyclic amines) is 2. The second-order valence-corrected chi connectivity index (χ2v) is 8.43. The van der Waals surface area contributed by atoms with Crippen LogP contribution in [-0.2, 0) is 13.6 Å². The van der Waals surface area contributed by atoms with E-state index in [9.17, 15) is 0 Å². The monoisotopic (exact) mass is 334 g/mol. The minimum Gasteiger partial charge on any atom is -0.324 e. The van der Waals surface area contributed by atoms with Crippen LogP contribution in [0.25, 0.3) is 0 Å². The predicted molar refractivity (Wildman–Crippen MR) is 96.8 cm³/mol. The van der Waals surface area contributed by atoms with Crippen molar-refractivity contribution in [2.45, 2.75) is 64.0 Å². The van der Waals surface area contributed by atoms with Crippen LogP contribution in [0.5, 0.6) is 0 Å². The molecule has 0 saturated carbocycles. The summed E-state index contributed by atoms with van der Waals surface area (Å²) in [4.78, 5) is 5.01. The molecule has 0 spiro atoms. The van der Waals surface area contributed by atoms with Crippen LogP contribution in [0.1, 0.15) is 63.5 Å². The lowest BCUT2D eigenvalue weighted by molar-refractivity contribution is 0.171. The van der Waals surface area contributed by atoms with Crippen LogP contribution < -0.4 is 5.73 Å². The fourth-order valence-electron chi connectivity index (χ4n) is 4.17. The molecule has 0 unspecified atom stereocenters. The smallest absolute Gasteiger partial charge is 0.146 e. The van der Waals surface area contributed by atoms with E-state index in [1.807, 2.05) is 0 Å². The molecule has 0 bridgehead atoms. The Hall–Kier alpha value is -0.980. The van der Waals surface area contributed by atoms with Gasteiger partial charge in [-0.15, -0.1) is 10.2 Å². The van der Waals surface area contributed by atoms with Crippen molar-refractivity contribution in [2.75, 3.05) is 32.7 Å². The molecule has 0 radical (unpaired) electrons. The Kier molecular flexibility index (Phi) is 5.57. The average Bonchev–Trinajstić information content (AvgIpc) is 2.88. The van der Waals surface area contributed by atoms with E-state index >= 15 is 0 Å². The third-order valence-electron chi connectivity index (χ3n) is 5.31. The number of hydrogen-bond donors (Lipinski definition) is 1. The van der Waals surface area contributed by atoms with Crippen molar-refractivity contribution in [1.82, 2.24) is 24.6 Å². The van der Waals surface area contributed by atoms with Crippen LogP contribution in [0.2, 0.25) is 0 Å². The molecule has 2 aliphatic rings. The van der Waals surface area contributed by atoms with Gasteiger partial charge in [0.25, 0.3) is 0 Å².